The van der Waals surface area contributed by atoms with E-state index in [9.17, 15) is 19.9 Å². The minimum Gasteiger partial charge on any atom is -0.469 e. The normalized spacial score (nSPS) is 35.7. The molecule has 0 aromatic carbocycles. The molecule has 5 heterocycles. The molecule has 0 amide bonds. The number of esters is 3. The van der Waals surface area contributed by atoms with E-state index in [1.807, 2.05) is 121 Å². The van der Waals surface area contributed by atoms with Crippen molar-refractivity contribution >= 4 is 51.2 Å². The van der Waals surface area contributed by atoms with Crippen LogP contribution < -0.4 is 0 Å². The first-order valence-electron chi connectivity index (χ1n) is 38.8. The monoisotopic (exact) mass is 1560 g/mol. The van der Waals surface area contributed by atoms with Gasteiger partial charge >= 0.3 is 17.9 Å². The second-order valence-corrected chi connectivity index (χ2v) is 56.2. The Morgan fingerprint density at radius 3 is 1.52 bits per heavy atom. The number of rotatable bonds is 14. The summed E-state index contributed by atoms with van der Waals surface area (Å²) in [7, 11) is -7.17. The van der Waals surface area contributed by atoms with Crippen LogP contribution in [0.25, 0.3) is 10.4 Å². The van der Waals surface area contributed by atoms with Gasteiger partial charge in [-0.15, -0.1) is 0 Å². The maximum atomic E-state index is 14.9. The number of carbonyl (C=O) groups is 3. The largest absolute Gasteiger partial charge is 0.469 e. The van der Waals surface area contributed by atoms with Gasteiger partial charge in [-0.2, -0.15) is 0 Å². The second-order valence-electron chi connectivity index (χ2n) is 37.2. The lowest BCUT2D eigenvalue weighted by Gasteiger charge is -2.52. The highest BCUT2D eigenvalue weighted by atomic mass is 28.4. The number of hydrogen-bond acceptors (Lipinski definition) is 19. The van der Waals surface area contributed by atoms with Gasteiger partial charge < -0.3 is 69.8 Å². The topological polar surface area (TPSA) is 238 Å². The predicted molar refractivity (Wildman–Crippen MR) is 429 cm³/mol. The molecule has 604 valence electrons. The Morgan fingerprint density at radius 2 is 1.02 bits per heavy atom. The summed E-state index contributed by atoms with van der Waals surface area (Å²) in [6.07, 6.45) is 19.5. The SMILES string of the molecule is COC(=O)[C@H]1[C@@H]2C[C@@H](O[C@@H]3O[C@H](C)[C@@H](O[Si](C)(C)C(C)(C)C)[C@H](N=[N+]=[N-])[C@H]3OC(C)=O)/C=C/C=C/C=C/C=C/C=C/C=C/C=C/[C@H](C)[C@@H](O[Si](C)(C)C(C)(C)C)[C@@H](C)[C@H](C)OC(=O)C[C@H]3C[C@@H](CC[C@@H](O[Si](C)(C)C(C)(C)C)[C@H]4C[C@@H](C[C@](OC)(C[C@@H]1O[Si](C)(C)C(C)(C)C)O2)OC(C)(C)O4)OC(C)(C)O3. The maximum Gasteiger partial charge on any atom is 0.313 e. The predicted octanol–water partition coefficient (Wildman–Crippen LogP) is 19.1. The molecule has 19 atom stereocenters. The van der Waals surface area contributed by atoms with E-state index in [2.05, 4.69) is 165 Å². The first-order valence-corrected chi connectivity index (χ1v) is 50.4. The van der Waals surface area contributed by atoms with E-state index in [4.69, 9.17) is 69.8 Å². The third-order valence-corrected chi connectivity index (χ3v) is 41.5. The number of azide groups is 1. The average Bonchev–Trinajstić information content (AvgIpc) is 0.758. The van der Waals surface area contributed by atoms with Crippen LogP contribution in [0.1, 0.15) is 197 Å². The van der Waals surface area contributed by atoms with Crippen LogP contribution in [0.4, 0.5) is 0 Å². The summed E-state index contributed by atoms with van der Waals surface area (Å²) in [6.45, 7) is 60.7. The van der Waals surface area contributed by atoms with Crippen molar-refractivity contribution in [3.8, 4) is 0 Å². The average molecular weight is 1560 g/mol. The first-order chi connectivity index (χ1) is 48.6. The summed E-state index contributed by atoms with van der Waals surface area (Å²) < 4.78 is 103. The van der Waals surface area contributed by atoms with Gasteiger partial charge in [0, 0.05) is 57.0 Å². The number of nitrogens with zero attached hydrogens (tertiary/aromatic N) is 3. The molecule has 5 aliphatic heterocycles. The molecule has 4 fully saturated rings. The van der Waals surface area contributed by atoms with Gasteiger partial charge in [0.25, 0.3) is 0 Å². The zero-order chi connectivity index (χ0) is 80.2. The van der Waals surface area contributed by atoms with Gasteiger partial charge in [0.15, 0.2) is 63.0 Å². The van der Waals surface area contributed by atoms with Crippen LogP contribution in [0, 0.1) is 17.8 Å². The molecule has 5 rings (SSSR count). The summed E-state index contributed by atoms with van der Waals surface area (Å²) in [6, 6.07) is -1.07. The van der Waals surface area contributed by atoms with E-state index in [1.54, 1.807) is 7.11 Å². The van der Waals surface area contributed by atoms with Crippen LogP contribution in [-0.2, 0) is 84.2 Å². The molecule has 0 radical (unpaired) electrons. The minimum atomic E-state index is -2.74. The summed E-state index contributed by atoms with van der Waals surface area (Å²) >= 11 is 0. The van der Waals surface area contributed by atoms with Crippen molar-refractivity contribution in [3.05, 3.63) is 95.5 Å². The van der Waals surface area contributed by atoms with Crippen LogP contribution >= 0.6 is 0 Å². The van der Waals surface area contributed by atoms with Crippen molar-refractivity contribution < 1.29 is 84.2 Å². The fourth-order valence-electron chi connectivity index (χ4n) is 13.4. The molecular weight excluding hydrogens is 1420 g/mol. The number of methoxy groups -OCH3 is 2. The van der Waals surface area contributed by atoms with E-state index in [-0.39, 0.29) is 75.8 Å². The Morgan fingerprint density at radius 1 is 0.547 bits per heavy atom. The summed E-state index contributed by atoms with van der Waals surface area (Å²) in [5.74, 6) is -6.34. The van der Waals surface area contributed by atoms with Crippen LogP contribution in [0.5, 0.6) is 0 Å². The summed E-state index contributed by atoms with van der Waals surface area (Å²) in [5.41, 5.74) is 10.2. The smallest absolute Gasteiger partial charge is 0.313 e. The Balaban J connectivity index is 1.71. The number of allylic oxidation sites excluding steroid dienone is 12. The lowest BCUT2D eigenvalue weighted by molar-refractivity contribution is -0.348. The molecule has 0 N–H and O–H groups in total. The first kappa shape index (κ1) is 92.9. The van der Waals surface area contributed by atoms with E-state index in [0.717, 1.165) is 0 Å². The number of hydrogen-bond donors (Lipinski definition) is 0. The molecule has 0 aromatic rings. The van der Waals surface area contributed by atoms with Crippen molar-refractivity contribution in [1.29, 1.82) is 0 Å². The lowest BCUT2D eigenvalue weighted by Crippen LogP contribution is -2.62. The lowest BCUT2D eigenvalue weighted by atomic mass is 9.82. The quantitative estimate of drug-likeness (QED) is 0.0392. The molecule has 0 unspecified atom stereocenters. The Bertz CT molecular complexity index is 3130. The Hall–Kier alpha value is -3.71. The molecule has 21 nitrogen and oxygen atoms in total. The molecule has 25 heteroatoms. The molecule has 4 saturated heterocycles. The number of ether oxygens (including phenoxy) is 11. The van der Waals surface area contributed by atoms with E-state index < -0.39 is 148 Å². The molecule has 0 aliphatic carbocycles. The van der Waals surface area contributed by atoms with E-state index in [1.165, 1.54) is 14.0 Å². The van der Waals surface area contributed by atoms with Gasteiger partial charge in [0.2, 0.25) is 0 Å². The van der Waals surface area contributed by atoms with Crippen molar-refractivity contribution in [1.82, 2.24) is 0 Å². The van der Waals surface area contributed by atoms with Crippen LogP contribution in [0.3, 0.4) is 0 Å². The highest BCUT2D eigenvalue weighted by molar-refractivity contribution is 6.75. The number of carbonyl (C=O) groups excluding carboxylic acids is 3. The van der Waals surface area contributed by atoms with Crippen molar-refractivity contribution in [2.24, 2.45) is 22.9 Å². The molecule has 0 spiro atoms. The third kappa shape index (κ3) is 26.5. The number of cyclic esters (lactones) is 1. The molecule has 5 aliphatic rings. The summed E-state index contributed by atoms with van der Waals surface area (Å²) in [4.78, 5) is 45.7. The van der Waals surface area contributed by atoms with Gasteiger partial charge in [-0.05, 0) is 138 Å². The third-order valence-electron chi connectivity index (χ3n) is 23.5. The van der Waals surface area contributed by atoms with Crippen molar-refractivity contribution in [2.75, 3.05) is 14.2 Å². The van der Waals surface area contributed by atoms with E-state index >= 15 is 0 Å². The zero-order valence-electron chi connectivity index (χ0n) is 70.8. The molecule has 6 bridgehead atoms. The van der Waals surface area contributed by atoms with Crippen molar-refractivity contribution in [3.63, 3.8) is 0 Å². The minimum absolute atomic E-state index is 0.0133. The van der Waals surface area contributed by atoms with Gasteiger partial charge in [-0.3, -0.25) is 14.4 Å². The van der Waals surface area contributed by atoms with E-state index in [0.29, 0.717) is 25.7 Å². The van der Waals surface area contributed by atoms with Gasteiger partial charge in [0.1, 0.15) is 18.1 Å². The zero-order valence-corrected chi connectivity index (χ0v) is 74.8. The Kier molecular flexibility index (Phi) is 33.1. The molecular formula is C81H141N3O18Si4. The van der Waals surface area contributed by atoms with Crippen LogP contribution in [-0.4, -0.2) is 174 Å². The maximum absolute atomic E-state index is 14.9. The standard InChI is InChI=1S/C81H141N3O18Si4/c1-54-44-42-40-38-36-34-32-33-35-37-39-41-43-45-59(93-74-72(92-58(5)85)69(83-84-82)71(57(4)91-74)102-106(30,31)78(15,16)17)49-65-68(73(87)88-22)66(100-104(26,27)76(9,10)11)53-81(89-23,98-65)52-62-50-64(97-80(20,21)96-62)63(99-103(24,25)75(6,7)8)47-46-60-48-61(95-79(18,19)94-60)51-67(86)90-56(3)55(2)70(54)101-105(28,29)77(12,13)14/h32-45,54-57,59-66,68-72,74H,46-53H2,1-31H3/b33-32+,36-34+,37-35+,40-38+,41-39+,44-42+,45-43+/t54-,55-,56-,57+,59-,60+,61+,62-,63+,64+,65-,66-,68-,69-,70+,71+,72+,74-,81+/m0/s1. The highest BCUT2D eigenvalue weighted by Crippen LogP contribution is 2.50. The molecule has 0 aromatic heterocycles. The van der Waals surface area contributed by atoms with Crippen molar-refractivity contribution in [2.45, 2.75) is 378 Å². The fraction of sp³-hybridized carbons (Fsp3) is 0.790. The van der Waals surface area contributed by atoms with Crippen LogP contribution in [0.15, 0.2) is 90.2 Å². The fourth-order valence-corrected chi connectivity index (χ4v) is 18.9. The van der Waals surface area contributed by atoms with Gasteiger partial charge in [-0.25, -0.2) is 0 Å². The van der Waals surface area contributed by atoms with Gasteiger partial charge in [-0.1, -0.05) is 187 Å². The second kappa shape index (κ2) is 37.7. The summed E-state index contributed by atoms with van der Waals surface area (Å²) in [5, 5.41) is 3.51. The van der Waals surface area contributed by atoms with Gasteiger partial charge in [0.05, 0.1) is 80.7 Å². The molecule has 0 saturated carbocycles. The number of fused-ring (bicyclic) bond motifs is 6. The molecule has 106 heavy (non-hydrogen) atoms. The Labute approximate surface area is 642 Å². The van der Waals surface area contributed by atoms with Crippen LogP contribution in [0.2, 0.25) is 72.5 Å². The highest BCUT2D eigenvalue weighted by Gasteiger charge is 2.58.